The minimum Gasteiger partial charge on any atom is -0.354 e. The SMILES string of the molecule is C=Cc1nc(-c2ccccc2)c(C/C=C\C/C=C\C)c(C)c1C(=NCC)C(=O)NC. The van der Waals surface area contributed by atoms with Crippen molar-refractivity contribution in [1.82, 2.24) is 10.3 Å². The van der Waals surface area contributed by atoms with E-state index in [1.807, 2.05) is 45.0 Å². The van der Waals surface area contributed by atoms with E-state index in [0.717, 1.165) is 40.8 Å². The Morgan fingerprint density at radius 2 is 1.93 bits per heavy atom. The highest BCUT2D eigenvalue weighted by Gasteiger charge is 2.23. The van der Waals surface area contributed by atoms with Crippen molar-refractivity contribution in [2.45, 2.75) is 33.6 Å². The number of hydrogen-bond donors (Lipinski definition) is 1. The molecule has 0 atom stereocenters. The number of likely N-dealkylation sites (N-methyl/N-ethyl adjacent to an activating group) is 1. The average Bonchev–Trinajstić information content (AvgIpc) is 2.78. The van der Waals surface area contributed by atoms with Crippen molar-refractivity contribution in [3.05, 3.63) is 83.6 Å². The van der Waals surface area contributed by atoms with Gasteiger partial charge >= 0.3 is 0 Å². The van der Waals surface area contributed by atoms with Crippen LogP contribution in [0.2, 0.25) is 0 Å². The molecule has 0 aliphatic carbocycles. The molecule has 0 saturated carbocycles. The first-order valence-corrected chi connectivity index (χ1v) is 10.3. The molecule has 0 fully saturated rings. The Balaban J connectivity index is 2.74. The molecule has 0 bridgehead atoms. The van der Waals surface area contributed by atoms with Gasteiger partial charge in [-0.1, -0.05) is 61.2 Å². The maximum atomic E-state index is 12.6. The van der Waals surface area contributed by atoms with E-state index in [1.54, 1.807) is 13.1 Å². The molecule has 1 amide bonds. The van der Waals surface area contributed by atoms with E-state index in [1.165, 1.54) is 0 Å². The fraction of sp³-hybridized carbons (Fsp3) is 0.269. The normalized spacial score (nSPS) is 11.9. The van der Waals surface area contributed by atoms with E-state index < -0.39 is 0 Å². The molecular formula is C26H31N3O. The van der Waals surface area contributed by atoms with Crippen LogP contribution in [-0.2, 0) is 11.2 Å². The Morgan fingerprint density at radius 1 is 1.20 bits per heavy atom. The summed E-state index contributed by atoms with van der Waals surface area (Å²) in [6.07, 6.45) is 11.8. The van der Waals surface area contributed by atoms with Crippen molar-refractivity contribution >= 4 is 17.7 Å². The molecule has 2 rings (SSSR count). The van der Waals surface area contributed by atoms with E-state index >= 15 is 0 Å². The van der Waals surface area contributed by atoms with Crippen LogP contribution < -0.4 is 5.32 Å². The van der Waals surface area contributed by atoms with Crippen molar-refractivity contribution in [3.8, 4) is 11.3 Å². The maximum Gasteiger partial charge on any atom is 0.269 e. The van der Waals surface area contributed by atoms with Crippen LogP contribution in [0, 0.1) is 6.92 Å². The van der Waals surface area contributed by atoms with Gasteiger partial charge in [0.05, 0.1) is 11.4 Å². The largest absolute Gasteiger partial charge is 0.354 e. The van der Waals surface area contributed by atoms with E-state index in [4.69, 9.17) is 4.98 Å². The molecule has 1 aromatic carbocycles. The summed E-state index contributed by atoms with van der Waals surface area (Å²) in [5, 5.41) is 2.71. The van der Waals surface area contributed by atoms with E-state index in [0.29, 0.717) is 18.0 Å². The van der Waals surface area contributed by atoms with Gasteiger partial charge in [0.1, 0.15) is 5.71 Å². The lowest BCUT2D eigenvalue weighted by Gasteiger charge is -2.19. The molecule has 0 radical (unpaired) electrons. The molecule has 4 nitrogen and oxygen atoms in total. The summed E-state index contributed by atoms with van der Waals surface area (Å²) < 4.78 is 0. The van der Waals surface area contributed by atoms with Gasteiger partial charge in [0, 0.05) is 24.7 Å². The van der Waals surface area contributed by atoms with Gasteiger partial charge in [0.2, 0.25) is 0 Å². The summed E-state index contributed by atoms with van der Waals surface area (Å²) in [7, 11) is 1.62. The van der Waals surface area contributed by atoms with Crippen LogP contribution in [0.25, 0.3) is 17.3 Å². The van der Waals surface area contributed by atoms with Gasteiger partial charge in [-0.25, -0.2) is 4.98 Å². The lowest BCUT2D eigenvalue weighted by molar-refractivity contribution is -0.114. The third-order valence-electron chi connectivity index (χ3n) is 4.83. The van der Waals surface area contributed by atoms with Crippen LogP contribution in [0.15, 0.2) is 66.2 Å². The first kappa shape index (κ1) is 23.0. The molecule has 30 heavy (non-hydrogen) atoms. The van der Waals surface area contributed by atoms with E-state index in [2.05, 4.69) is 47.2 Å². The van der Waals surface area contributed by atoms with Crippen LogP contribution in [0.4, 0.5) is 0 Å². The number of nitrogens with zero attached hydrogens (tertiary/aromatic N) is 2. The molecule has 1 aromatic heterocycles. The van der Waals surface area contributed by atoms with Crippen molar-refractivity contribution in [3.63, 3.8) is 0 Å². The lowest BCUT2D eigenvalue weighted by atomic mass is 9.91. The van der Waals surface area contributed by atoms with Crippen LogP contribution in [-0.4, -0.2) is 30.2 Å². The summed E-state index contributed by atoms with van der Waals surface area (Å²) in [6, 6.07) is 10.1. The van der Waals surface area contributed by atoms with Crippen molar-refractivity contribution in [1.29, 1.82) is 0 Å². The Bertz CT molecular complexity index is 970. The van der Waals surface area contributed by atoms with Crippen LogP contribution in [0.5, 0.6) is 0 Å². The van der Waals surface area contributed by atoms with Crippen molar-refractivity contribution in [2.24, 2.45) is 4.99 Å². The van der Waals surface area contributed by atoms with Gasteiger partial charge < -0.3 is 5.32 Å². The zero-order chi connectivity index (χ0) is 21.9. The third kappa shape index (κ3) is 5.41. The molecular weight excluding hydrogens is 370 g/mol. The second-order valence-electron chi connectivity index (χ2n) is 6.78. The van der Waals surface area contributed by atoms with Crippen LogP contribution in [0.1, 0.15) is 42.7 Å². The number of amides is 1. The number of aliphatic imine (C=N–C) groups is 1. The van der Waals surface area contributed by atoms with Crippen molar-refractivity contribution in [2.75, 3.05) is 13.6 Å². The summed E-state index contributed by atoms with van der Waals surface area (Å²) in [5.74, 6) is -0.216. The average molecular weight is 402 g/mol. The molecule has 4 heteroatoms. The predicted molar refractivity (Wildman–Crippen MR) is 128 cm³/mol. The molecule has 2 aromatic rings. The first-order chi connectivity index (χ1) is 14.6. The van der Waals surface area contributed by atoms with Gasteiger partial charge in [-0.05, 0) is 50.8 Å². The summed E-state index contributed by atoms with van der Waals surface area (Å²) in [4.78, 5) is 22.0. The summed E-state index contributed by atoms with van der Waals surface area (Å²) in [5.41, 5.74) is 5.87. The number of aromatic nitrogens is 1. The van der Waals surface area contributed by atoms with Gasteiger partial charge in [-0.3, -0.25) is 9.79 Å². The molecule has 1 N–H and O–H groups in total. The maximum absolute atomic E-state index is 12.6. The fourth-order valence-corrected chi connectivity index (χ4v) is 3.35. The second kappa shape index (κ2) is 11.7. The number of pyridine rings is 1. The zero-order valence-corrected chi connectivity index (χ0v) is 18.4. The molecule has 0 spiro atoms. The summed E-state index contributed by atoms with van der Waals surface area (Å²) >= 11 is 0. The monoisotopic (exact) mass is 401 g/mol. The highest BCUT2D eigenvalue weighted by atomic mass is 16.1. The Labute approximate surface area is 180 Å². The fourth-order valence-electron chi connectivity index (χ4n) is 3.35. The van der Waals surface area contributed by atoms with Gasteiger partial charge in [-0.2, -0.15) is 0 Å². The molecule has 1 heterocycles. The van der Waals surface area contributed by atoms with Gasteiger partial charge in [0.15, 0.2) is 0 Å². The molecule has 0 aliphatic heterocycles. The van der Waals surface area contributed by atoms with Gasteiger partial charge in [0.25, 0.3) is 5.91 Å². The molecule has 0 saturated heterocycles. The zero-order valence-electron chi connectivity index (χ0n) is 18.4. The quantitative estimate of drug-likeness (QED) is 0.457. The highest BCUT2D eigenvalue weighted by Crippen LogP contribution is 2.30. The van der Waals surface area contributed by atoms with Gasteiger partial charge in [-0.15, -0.1) is 0 Å². The Hall–Kier alpha value is -3.27. The number of allylic oxidation sites excluding steroid dienone is 4. The smallest absolute Gasteiger partial charge is 0.269 e. The van der Waals surface area contributed by atoms with E-state index in [-0.39, 0.29) is 5.91 Å². The standard InChI is InChI=1S/C26H31N3O/c1-6-9-10-11-15-18-21-19(4)23(25(28-8-3)26(30)27-5)22(7-2)29-24(21)20-16-13-12-14-17-20/h6-7,9,11-17H,2,8,10,18H2,1,3-5H3,(H,27,30)/b9-6-,15-11-,28-25?. The number of benzene rings is 1. The first-order valence-electron chi connectivity index (χ1n) is 10.3. The third-order valence-corrected chi connectivity index (χ3v) is 4.83. The minimum atomic E-state index is -0.216. The number of hydrogen-bond acceptors (Lipinski definition) is 3. The second-order valence-corrected chi connectivity index (χ2v) is 6.78. The Kier molecular flexibility index (Phi) is 8.95. The number of carbonyl (C=O) groups is 1. The summed E-state index contributed by atoms with van der Waals surface area (Å²) in [6.45, 7) is 10.4. The number of nitrogens with one attached hydrogen (secondary N) is 1. The van der Waals surface area contributed by atoms with E-state index in [9.17, 15) is 4.79 Å². The molecule has 0 unspecified atom stereocenters. The Morgan fingerprint density at radius 3 is 2.53 bits per heavy atom. The molecule has 156 valence electrons. The van der Waals surface area contributed by atoms with Crippen LogP contribution in [0.3, 0.4) is 0 Å². The lowest BCUT2D eigenvalue weighted by Crippen LogP contribution is -2.30. The highest BCUT2D eigenvalue weighted by molar-refractivity contribution is 6.46. The number of rotatable bonds is 9. The minimum absolute atomic E-state index is 0.216. The predicted octanol–water partition coefficient (Wildman–Crippen LogP) is 5.32. The topological polar surface area (TPSA) is 54.4 Å². The molecule has 0 aliphatic rings. The van der Waals surface area contributed by atoms with Crippen LogP contribution >= 0.6 is 0 Å². The number of carbonyl (C=O) groups excluding carboxylic acids is 1. The van der Waals surface area contributed by atoms with Crippen molar-refractivity contribution < 1.29 is 4.79 Å².